The molecule has 3 amide bonds. The Morgan fingerprint density at radius 3 is 2.38 bits per heavy atom. The summed E-state index contributed by atoms with van der Waals surface area (Å²) in [6.07, 6.45) is 6.25. The van der Waals surface area contributed by atoms with Crippen LogP contribution < -0.4 is 10.6 Å². The van der Waals surface area contributed by atoms with Crippen molar-refractivity contribution in [2.75, 3.05) is 25.0 Å². The second-order valence-electron chi connectivity index (χ2n) is 11.5. The molecule has 1 aliphatic heterocycles. The van der Waals surface area contributed by atoms with Crippen molar-refractivity contribution in [2.24, 2.45) is 17.3 Å². The first-order valence-electron chi connectivity index (χ1n) is 13.2. The second-order valence-corrected chi connectivity index (χ2v) is 11.5. The fourth-order valence-electron chi connectivity index (χ4n) is 5.34. The van der Waals surface area contributed by atoms with Gasteiger partial charge in [-0.2, -0.15) is 0 Å². The monoisotopic (exact) mass is 522 g/mol. The van der Waals surface area contributed by atoms with Gasteiger partial charge >= 0.3 is 0 Å². The van der Waals surface area contributed by atoms with E-state index in [4.69, 9.17) is 0 Å². The van der Waals surface area contributed by atoms with Crippen molar-refractivity contribution in [2.45, 2.75) is 77.8 Å². The molecule has 1 saturated heterocycles. The number of hydroxylamine groups is 2. The molecule has 2 aliphatic rings. The molecule has 37 heavy (non-hydrogen) atoms. The van der Waals surface area contributed by atoms with Gasteiger partial charge in [0.15, 0.2) is 0 Å². The third kappa shape index (κ3) is 8.12. The zero-order valence-electron chi connectivity index (χ0n) is 22.0. The number of nitrogens with zero attached hydrogens (tertiary/aromatic N) is 2. The van der Waals surface area contributed by atoms with Crippen molar-refractivity contribution in [3.8, 4) is 0 Å². The van der Waals surface area contributed by atoms with E-state index in [0.717, 1.165) is 31.7 Å². The molecule has 206 valence electrons. The molecular weight excluding hydrogens is 482 g/mol. The second kappa shape index (κ2) is 12.7. The van der Waals surface area contributed by atoms with E-state index < -0.39 is 29.0 Å². The summed E-state index contributed by atoms with van der Waals surface area (Å²) in [5, 5.41) is 16.3. The summed E-state index contributed by atoms with van der Waals surface area (Å²) in [7, 11) is 0. The summed E-state index contributed by atoms with van der Waals surface area (Å²) < 4.78 is 27.2. The van der Waals surface area contributed by atoms with Gasteiger partial charge in [-0.1, -0.05) is 46.5 Å². The first-order valence-corrected chi connectivity index (χ1v) is 13.2. The van der Waals surface area contributed by atoms with E-state index in [2.05, 4.69) is 10.6 Å². The van der Waals surface area contributed by atoms with Crippen molar-refractivity contribution in [3.05, 3.63) is 29.8 Å². The van der Waals surface area contributed by atoms with Crippen LogP contribution in [-0.2, 0) is 14.4 Å². The van der Waals surface area contributed by atoms with Crippen molar-refractivity contribution in [3.63, 3.8) is 0 Å². The topological polar surface area (TPSA) is 102 Å². The fourth-order valence-corrected chi connectivity index (χ4v) is 5.34. The highest BCUT2D eigenvalue weighted by Crippen LogP contribution is 2.31. The molecule has 1 aromatic carbocycles. The number of anilines is 1. The molecule has 1 heterocycles. The van der Waals surface area contributed by atoms with Crippen molar-refractivity contribution < 1.29 is 28.4 Å². The van der Waals surface area contributed by atoms with Crippen molar-refractivity contribution in [1.29, 1.82) is 0 Å². The highest BCUT2D eigenvalue weighted by Gasteiger charge is 2.39. The van der Waals surface area contributed by atoms with Crippen LogP contribution in [0.1, 0.15) is 65.7 Å². The summed E-state index contributed by atoms with van der Waals surface area (Å²) in [5.74, 6) is -2.08. The quantitative estimate of drug-likeness (QED) is 0.245. The standard InChI is InChI=1S/C27H40F2N4O4/c1-27(2,3)24(31-25(35)19(16-33(37)17-34)14-18-6-4-5-7-18)26(36)32-12-10-21(11-13-32)30-23-9-8-20(28)15-22(23)29/h8-9,15,17-19,21,24,30,37H,4-7,10-14,16H2,1-3H3,(H,31,35)/t19-,24-/m0/s1. The molecule has 1 aliphatic carbocycles. The maximum absolute atomic E-state index is 14.0. The van der Waals surface area contributed by atoms with Gasteiger partial charge in [0.1, 0.15) is 17.7 Å². The number of carbonyl (C=O) groups is 3. The number of benzene rings is 1. The van der Waals surface area contributed by atoms with Crippen LogP contribution in [0.2, 0.25) is 0 Å². The fraction of sp³-hybridized carbons (Fsp3) is 0.667. The third-order valence-electron chi connectivity index (χ3n) is 7.49. The zero-order valence-corrected chi connectivity index (χ0v) is 22.0. The molecule has 1 aromatic rings. The molecule has 2 atom stereocenters. The molecule has 1 saturated carbocycles. The van der Waals surface area contributed by atoms with Crippen LogP contribution >= 0.6 is 0 Å². The minimum atomic E-state index is -0.784. The van der Waals surface area contributed by atoms with Gasteiger partial charge in [-0.15, -0.1) is 0 Å². The first kappa shape index (κ1) is 28.8. The average molecular weight is 523 g/mol. The number of hydrogen-bond acceptors (Lipinski definition) is 5. The van der Waals surface area contributed by atoms with Gasteiger partial charge in [0.25, 0.3) is 0 Å². The Morgan fingerprint density at radius 1 is 1.16 bits per heavy atom. The summed E-state index contributed by atoms with van der Waals surface area (Å²) >= 11 is 0. The molecule has 10 heteroatoms. The normalized spacial score (nSPS) is 18.8. The van der Waals surface area contributed by atoms with Gasteiger partial charge in [0, 0.05) is 25.2 Å². The lowest BCUT2D eigenvalue weighted by molar-refractivity contribution is -0.156. The Balaban J connectivity index is 1.63. The van der Waals surface area contributed by atoms with E-state index in [9.17, 15) is 28.4 Å². The van der Waals surface area contributed by atoms with E-state index in [1.165, 1.54) is 12.1 Å². The van der Waals surface area contributed by atoms with Crippen LogP contribution in [0.5, 0.6) is 0 Å². The highest BCUT2D eigenvalue weighted by molar-refractivity contribution is 5.89. The number of carbonyl (C=O) groups excluding carboxylic acids is 3. The summed E-state index contributed by atoms with van der Waals surface area (Å²) in [6.45, 7) is 6.41. The lowest BCUT2D eigenvalue weighted by atomic mass is 9.84. The van der Waals surface area contributed by atoms with Crippen LogP contribution in [0.3, 0.4) is 0 Å². The Hall–Kier alpha value is -2.75. The molecular formula is C27H40F2N4O4. The van der Waals surface area contributed by atoms with Gasteiger partial charge in [-0.05, 0) is 42.7 Å². The molecule has 0 bridgehead atoms. The molecule has 3 N–H and O–H groups in total. The largest absolute Gasteiger partial charge is 0.380 e. The van der Waals surface area contributed by atoms with Gasteiger partial charge < -0.3 is 15.5 Å². The molecule has 2 fully saturated rings. The highest BCUT2D eigenvalue weighted by atomic mass is 19.1. The lowest BCUT2D eigenvalue weighted by Gasteiger charge is -2.39. The molecule has 8 nitrogen and oxygen atoms in total. The van der Waals surface area contributed by atoms with Crippen LogP contribution in [0, 0.1) is 28.9 Å². The maximum Gasteiger partial charge on any atom is 0.245 e. The number of likely N-dealkylation sites (tertiary alicyclic amines) is 1. The van der Waals surface area contributed by atoms with Crippen LogP contribution in [0.4, 0.5) is 14.5 Å². The SMILES string of the molecule is CC(C)(C)[C@@H](NC(=O)[C@@H](CC1CCCC1)CN(O)C=O)C(=O)N1CCC(Nc2ccc(F)cc2F)CC1. The Bertz CT molecular complexity index is 941. The predicted octanol–water partition coefficient (Wildman–Crippen LogP) is 3.94. The number of piperidine rings is 1. The van der Waals surface area contributed by atoms with E-state index >= 15 is 0 Å². The van der Waals surface area contributed by atoms with E-state index in [0.29, 0.717) is 43.3 Å². The number of rotatable bonds is 10. The number of nitrogens with one attached hydrogen (secondary N) is 2. The van der Waals surface area contributed by atoms with Crippen molar-refractivity contribution >= 4 is 23.9 Å². The Kier molecular flexibility index (Phi) is 9.87. The predicted molar refractivity (Wildman–Crippen MR) is 136 cm³/mol. The molecule has 3 rings (SSSR count). The van der Waals surface area contributed by atoms with Crippen molar-refractivity contribution in [1.82, 2.24) is 15.3 Å². The molecule has 0 aromatic heterocycles. The molecule has 0 unspecified atom stereocenters. The van der Waals surface area contributed by atoms with E-state index in [1.54, 1.807) is 4.90 Å². The van der Waals surface area contributed by atoms with Crippen LogP contribution in [0.15, 0.2) is 18.2 Å². The van der Waals surface area contributed by atoms with Gasteiger partial charge in [0.05, 0.1) is 18.2 Å². The third-order valence-corrected chi connectivity index (χ3v) is 7.49. The Labute approximate surface area is 217 Å². The summed E-state index contributed by atoms with van der Waals surface area (Å²) in [5.41, 5.74) is -0.340. The Morgan fingerprint density at radius 2 is 1.81 bits per heavy atom. The number of amides is 3. The summed E-state index contributed by atoms with van der Waals surface area (Å²) in [4.78, 5) is 39.6. The minimum absolute atomic E-state index is 0.0682. The maximum atomic E-state index is 14.0. The van der Waals surface area contributed by atoms with Crippen LogP contribution in [0.25, 0.3) is 0 Å². The van der Waals surface area contributed by atoms with E-state index in [1.807, 2.05) is 20.8 Å². The summed E-state index contributed by atoms with van der Waals surface area (Å²) in [6, 6.07) is 2.55. The minimum Gasteiger partial charge on any atom is -0.380 e. The van der Waals surface area contributed by atoms with Gasteiger partial charge in [0.2, 0.25) is 18.2 Å². The zero-order chi connectivity index (χ0) is 27.2. The number of halogens is 2. The van der Waals surface area contributed by atoms with Gasteiger partial charge in [-0.25, -0.2) is 13.8 Å². The lowest BCUT2D eigenvalue weighted by Crippen LogP contribution is -2.58. The first-order chi connectivity index (χ1) is 17.5. The average Bonchev–Trinajstić information content (AvgIpc) is 3.36. The van der Waals surface area contributed by atoms with Gasteiger partial charge in [-0.3, -0.25) is 19.6 Å². The number of hydrogen-bond donors (Lipinski definition) is 3. The molecule has 0 radical (unpaired) electrons. The van der Waals surface area contributed by atoms with E-state index in [-0.39, 0.29) is 36.5 Å². The molecule has 0 spiro atoms. The smallest absolute Gasteiger partial charge is 0.245 e. The van der Waals surface area contributed by atoms with Crippen LogP contribution in [-0.4, -0.2) is 65.1 Å².